The van der Waals surface area contributed by atoms with Gasteiger partial charge in [0.25, 0.3) is 5.91 Å². The molecule has 0 saturated heterocycles. The van der Waals surface area contributed by atoms with Crippen LogP contribution in [-0.4, -0.2) is 35.4 Å². The second-order valence-electron chi connectivity index (χ2n) is 7.92. The second-order valence-corrected chi connectivity index (χ2v) is 9.53. The summed E-state index contributed by atoms with van der Waals surface area (Å²) in [6, 6.07) is 8.22. The van der Waals surface area contributed by atoms with E-state index in [-0.39, 0.29) is 31.0 Å². The van der Waals surface area contributed by atoms with Crippen molar-refractivity contribution in [1.82, 2.24) is 10.2 Å². The number of nitrogens with one attached hydrogen (secondary N) is 1. The highest BCUT2D eigenvalue weighted by Gasteiger charge is 2.27. The minimum Gasteiger partial charge on any atom is -0.484 e. The van der Waals surface area contributed by atoms with Gasteiger partial charge in [0.1, 0.15) is 11.8 Å². The van der Waals surface area contributed by atoms with Crippen molar-refractivity contribution in [3.63, 3.8) is 0 Å². The van der Waals surface area contributed by atoms with Crippen LogP contribution in [0, 0.1) is 13.8 Å². The molecule has 0 fully saturated rings. The lowest BCUT2D eigenvalue weighted by molar-refractivity contribution is -0.142. The molecule has 0 aliphatic rings. The molecule has 2 amide bonds. The Labute approximate surface area is 208 Å². The summed E-state index contributed by atoms with van der Waals surface area (Å²) < 4.78 is 6.79. The van der Waals surface area contributed by atoms with Crippen molar-refractivity contribution in [2.45, 2.75) is 59.7 Å². The van der Waals surface area contributed by atoms with Gasteiger partial charge in [-0.3, -0.25) is 9.59 Å². The highest BCUT2D eigenvalue weighted by atomic mass is 79.9. The SMILES string of the molecule is CC[C@H](C)NC(=O)[C@H](C)N(Cc1ccc(Cl)c(Cl)c1)C(=O)COc1cc(C)c(Br)c(C)c1. The van der Waals surface area contributed by atoms with E-state index in [0.29, 0.717) is 15.8 Å². The predicted molar refractivity (Wildman–Crippen MR) is 133 cm³/mol. The van der Waals surface area contributed by atoms with E-state index in [1.54, 1.807) is 25.1 Å². The highest BCUT2D eigenvalue weighted by Crippen LogP contribution is 2.27. The van der Waals surface area contributed by atoms with Gasteiger partial charge in [-0.1, -0.05) is 52.1 Å². The van der Waals surface area contributed by atoms with Gasteiger partial charge in [0.15, 0.2) is 6.61 Å². The van der Waals surface area contributed by atoms with Gasteiger partial charge in [-0.05, 0) is 75.1 Å². The van der Waals surface area contributed by atoms with Gasteiger partial charge in [0.2, 0.25) is 5.91 Å². The van der Waals surface area contributed by atoms with Crippen LogP contribution < -0.4 is 10.1 Å². The van der Waals surface area contributed by atoms with Crippen LogP contribution in [0.2, 0.25) is 10.0 Å². The smallest absolute Gasteiger partial charge is 0.261 e. The third kappa shape index (κ3) is 7.12. The number of aryl methyl sites for hydroxylation is 2. The molecule has 1 N–H and O–H groups in total. The molecule has 0 aliphatic heterocycles. The predicted octanol–water partition coefficient (Wildman–Crippen LogP) is 6.08. The molecule has 32 heavy (non-hydrogen) atoms. The second kappa shape index (κ2) is 11.9. The monoisotopic (exact) mass is 542 g/mol. The molecule has 2 aromatic rings. The first-order chi connectivity index (χ1) is 15.0. The first-order valence-corrected chi connectivity index (χ1v) is 12.0. The van der Waals surface area contributed by atoms with E-state index in [1.165, 1.54) is 4.90 Å². The first kappa shape index (κ1) is 26.5. The maximum atomic E-state index is 13.2. The average molecular weight is 544 g/mol. The maximum Gasteiger partial charge on any atom is 0.261 e. The van der Waals surface area contributed by atoms with Crippen molar-refractivity contribution < 1.29 is 14.3 Å². The number of nitrogens with zero attached hydrogens (tertiary/aromatic N) is 1. The third-order valence-corrected chi connectivity index (χ3v) is 7.27. The van der Waals surface area contributed by atoms with Crippen LogP contribution in [0.5, 0.6) is 5.75 Å². The Morgan fingerprint density at radius 2 is 1.72 bits per heavy atom. The number of hydrogen-bond donors (Lipinski definition) is 1. The van der Waals surface area contributed by atoms with Crippen molar-refractivity contribution in [3.05, 3.63) is 61.5 Å². The van der Waals surface area contributed by atoms with Gasteiger partial charge in [-0.25, -0.2) is 0 Å². The normalized spacial score (nSPS) is 12.8. The lowest BCUT2D eigenvalue weighted by atomic mass is 10.1. The van der Waals surface area contributed by atoms with Crippen molar-refractivity contribution in [1.29, 1.82) is 0 Å². The standard InChI is InChI=1S/C24H29BrCl2N2O3/c1-6-16(4)28-24(31)17(5)29(12-18-7-8-20(26)21(27)11-18)22(30)13-32-19-9-14(2)23(25)15(3)10-19/h7-11,16-17H,6,12-13H2,1-5H3,(H,28,31)/t16-,17-/m0/s1. The maximum absolute atomic E-state index is 13.2. The van der Waals surface area contributed by atoms with E-state index in [0.717, 1.165) is 27.6 Å². The zero-order valence-corrected chi connectivity index (χ0v) is 22.1. The summed E-state index contributed by atoms with van der Waals surface area (Å²) in [4.78, 5) is 27.4. The topological polar surface area (TPSA) is 58.6 Å². The average Bonchev–Trinajstić information content (AvgIpc) is 2.75. The van der Waals surface area contributed by atoms with Gasteiger partial charge in [-0.15, -0.1) is 0 Å². The molecular weight excluding hydrogens is 515 g/mol. The Bertz CT molecular complexity index is 961. The fourth-order valence-corrected chi connectivity index (χ4v) is 3.65. The van der Waals surface area contributed by atoms with Gasteiger partial charge in [-0.2, -0.15) is 0 Å². The number of halogens is 3. The zero-order valence-electron chi connectivity index (χ0n) is 19.0. The third-order valence-electron chi connectivity index (χ3n) is 5.28. The zero-order chi connectivity index (χ0) is 24.0. The first-order valence-electron chi connectivity index (χ1n) is 10.5. The molecular formula is C24H29BrCl2N2O3. The minimum atomic E-state index is -0.692. The molecule has 0 spiro atoms. The van der Waals surface area contributed by atoms with Gasteiger partial charge >= 0.3 is 0 Å². The van der Waals surface area contributed by atoms with Crippen LogP contribution in [0.1, 0.15) is 43.9 Å². The van der Waals surface area contributed by atoms with Crippen molar-refractivity contribution in [3.8, 4) is 5.75 Å². The molecule has 2 aromatic carbocycles. The van der Waals surface area contributed by atoms with Gasteiger partial charge < -0.3 is 15.0 Å². The number of carbonyl (C=O) groups excluding carboxylic acids is 2. The minimum absolute atomic E-state index is 0.0110. The summed E-state index contributed by atoms with van der Waals surface area (Å²) >= 11 is 15.7. The van der Waals surface area contributed by atoms with Crippen LogP contribution in [0.3, 0.4) is 0 Å². The highest BCUT2D eigenvalue weighted by molar-refractivity contribution is 9.10. The molecule has 0 bridgehead atoms. The molecule has 174 valence electrons. The number of ether oxygens (including phenoxy) is 1. The van der Waals surface area contributed by atoms with E-state index < -0.39 is 6.04 Å². The van der Waals surface area contributed by atoms with E-state index in [1.807, 2.05) is 39.8 Å². The fraction of sp³-hybridized carbons (Fsp3) is 0.417. The van der Waals surface area contributed by atoms with Crippen molar-refractivity contribution in [2.75, 3.05) is 6.61 Å². The van der Waals surface area contributed by atoms with Crippen molar-refractivity contribution in [2.24, 2.45) is 0 Å². The van der Waals surface area contributed by atoms with E-state index in [9.17, 15) is 9.59 Å². The molecule has 0 radical (unpaired) electrons. The Balaban J connectivity index is 2.22. The molecule has 0 saturated carbocycles. The fourth-order valence-electron chi connectivity index (χ4n) is 3.10. The van der Waals surface area contributed by atoms with E-state index >= 15 is 0 Å². The van der Waals surface area contributed by atoms with Crippen LogP contribution >= 0.6 is 39.1 Å². The van der Waals surface area contributed by atoms with Crippen LogP contribution in [0.25, 0.3) is 0 Å². The molecule has 2 atom stereocenters. The summed E-state index contributed by atoms with van der Waals surface area (Å²) in [6.45, 7) is 9.56. The van der Waals surface area contributed by atoms with Crippen LogP contribution in [0.15, 0.2) is 34.8 Å². The Morgan fingerprint density at radius 1 is 1.09 bits per heavy atom. The number of carbonyl (C=O) groups is 2. The summed E-state index contributed by atoms with van der Waals surface area (Å²) in [6.07, 6.45) is 0.796. The Morgan fingerprint density at radius 3 is 2.28 bits per heavy atom. The van der Waals surface area contributed by atoms with Gasteiger partial charge in [0.05, 0.1) is 10.0 Å². The number of hydrogen-bond acceptors (Lipinski definition) is 3. The lowest BCUT2D eigenvalue weighted by Crippen LogP contribution is -2.50. The van der Waals surface area contributed by atoms with Crippen LogP contribution in [-0.2, 0) is 16.1 Å². The summed E-state index contributed by atoms with van der Waals surface area (Å²) in [5.41, 5.74) is 2.80. The van der Waals surface area contributed by atoms with Crippen molar-refractivity contribution >= 4 is 50.9 Å². The summed E-state index contributed by atoms with van der Waals surface area (Å²) in [5.74, 6) is 0.0759. The Hall–Kier alpha value is -1.76. The molecule has 2 rings (SSSR count). The van der Waals surface area contributed by atoms with Gasteiger partial charge in [0, 0.05) is 17.1 Å². The molecule has 0 aliphatic carbocycles. The lowest BCUT2D eigenvalue weighted by Gasteiger charge is -2.29. The molecule has 0 aromatic heterocycles. The summed E-state index contributed by atoms with van der Waals surface area (Å²) in [7, 11) is 0. The largest absolute Gasteiger partial charge is 0.484 e. The molecule has 8 heteroatoms. The van der Waals surface area contributed by atoms with E-state index in [4.69, 9.17) is 27.9 Å². The number of benzene rings is 2. The Kier molecular flexibility index (Phi) is 9.86. The molecule has 0 unspecified atom stereocenters. The van der Waals surface area contributed by atoms with E-state index in [2.05, 4.69) is 21.2 Å². The quantitative estimate of drug-likeness (QED) is 0.416. The summed E-state index contributed by atoms with van der Waals surface area (Å²) in [5, 5.41) is 3.76. The molecule has 5 nitrogen and oxygen atoms in total. The molecule has 0 heterocycles. The number of amides is 2. The van der Waals surface area contributed by atoms with Crippen LogP contribution in [0.4, 0.5) is 0 Å². The number of rotatable bonds is 9.